The van der Waals surface area contributed by atoms with Crippen LogP contribution in [0.25, 0.3) is 11.3 Å². The average molecular weight is 398 g/mol. The molecule has 0 saturated carbocycles. The molecule has 10 heteroatoms. The maximum atomic E-state index is 12.8. The van der Waals surface area contributed by atoms with E-state index in [-0.39, 0.29) is 22.8 Å². The molecule has 1 atom stereocenters. The first-order chi connectivity index (χ1) is 12.6. The molecule has 2 aromatic heterocycles. The van der Waals surface area contributed by atoms with Crippen molar-refractivity contribution in [2.75, 3.05) is 11.1 Å². The highest BCUT2D eigenvalue weighted by atomic mass is 35.5. The molecule has 0 radical (unpaired) electrons. The van der Waals surface area contributed by atoms with Crippen LogP contribution in [0.5, 0.6) is 0 Å². The standard InChI is InChI=1S/C17H15ClF3N5O/c1-26-13(8-14(25-26)17(19,20)21)11-5-6-12(24-15(11)22)16(27)23-10-4-2-3-9(18)7-10/h2-8,16,23,27H,1H3,(H2,22,24). The zero-order valence-corrected chi connectivity index (χ0v) is 14.8. The molecule has 1 aromatic carbocycles. The topological polar surface area (TPSA) is 89.0 Å². The monoisotopic (exact) mass is 397 g/mol. The summed E-state index contributed by atoms with van der Waals surface area (Å²) in [5, 5.41) is 17.0. The lowest BCUT2D eigenvalue weighted by Gasteiger charge is -2.15. The van der Waals surface area contributed by atoms with E-state index in [1.807, 2.05) is 0 Å². The first kappa shape index (κ1) is 19.0. The van der Waals surface area contributed by atoms with Crippen LogP contribution in [0.2, 0.25) is 5.02 Å². The number of aliphatic hydroxyl groups is 1. The molecule has 1 unspecified atom stereocenters. The summed E-state index contributed by atoms with van der Waals surface area (Å²) < 4.78 is 39.6. The molecule has 3 aromatic rings. The second kappa shape index (κ2) is 7.09. The van der Waals surface area contributed by atoms with Crippen LogP contribution in [0.15, 0.2) is 42.5 Å². The molecule has 3 rings (SSSR count). The molecule has 0 amide bonds. The van der Waals surface area contributed by atoms with Gasteiger partial charge < -0.3 is 16.2 Å². The summed E-state index contributed by atoms with van der Waals surface area (Å²) in [5.41, 5.74) is 6.09. The predicted octanol–water partition coefficient (Wildman–Crippen LogP) is 3.84. The van der Waals surface area contributed by atoms with E-state index in [9.17, 15) is 18.3 Å². The summed E-state index contributed by atoms with van der Waals surface area (Å²) in [7, 11) is 1.38. The largest absolute Gasteiger partial charge is 0.435 e. The van der Waals surface area contributed by atoms with E-state index in [4.69, 9.17) is 17.3 Å². The van der Waals surface area contributed by atoms with Crippen molar-refractivity contribution < 1.29 is 18.3 Å². The highest BCUT2D eigenvalue weighted by Gasteiger charge is 2.35. The number of aliphatic hydroxyl groups excluding tert-OH is 1. The maximum absolute atomic E-state index is 12.8. The van der Waals surface area contributed by atoms with Gasteiger partial charge in [-0.1, -0.05) is 17.7 Å². The number of nitrogens with zero attached hydrogens (tertiary/aromatic N) is 3. The first-order valence-electron chi connectivity index (χ1n) is 7.73. The van der Waals surface area contributed by atoms with Gasteiger partial charge >= 0.3 is 6.18 Å². The van der Waals surface area contributed by atoms with Gasteiger partial charge in [0, 0.05) is 23.3 Å². The number of pyridine rings is 1. The zero-order valence-electron chi connectivity index (χ0n) is 14.0. The molecule has 0 aliphatic heterocycles. The Hall–Kier alpha value is -2.78. The molecule has 4 N–H and O–H groups in total. The highest BCUT2D eigenvalue weighted by Crippen LogP contribution is 2.33. The molecular formula is C17H15ClF3N5O. The second-order valence-electron chi connectivity index (χ2n) is 5.76. The van der Waals surface area contributed by atoms with Crippen molar-refractivity contribution in [2.24, 2.45) is 7.05 Å². The zero-order chi connectivity index (χ0) is 19.8. The van der Waals surface area contributed by atoms with Gasteiger partial charge in [0.15, 0.2) is 11.9 Å². The van der Waals surface area contributed by atoms with Gasteiger partial charge in [0.05, 0.1) is 11.4 Å². The summed E-state index contributed by atoms with van der Waals surface area (Å²) in [4.78, 5) is 4.09. The number of benzene rings is 1. The van der Waals surface area contributed by atoms with Crippen LogP contribution >= 0.6 is 11.6 Å². The lowest BCUT2D eigenvalue weighted by Crippen LogP contribution is -2.12. The van der Waals surface area contributed by atoms with E-state index in [0.717, 1.165) is 10.7 Å². The third-order valence-electron chi connectivity index (χ3n) is 3.80. The summed E-state index contributed by atoms with van der Waals surface area (Å²) in [6.07, 6.45) is -5.74. The van der Waals surface area contributed by atoms with Crippen molar-refractivity contribution in [3.63, 3.8) is 0 Å². The average Bonchev–Trinajstić information content (AvgIpc) is 2.96. The SMILES string of the molecule is Cn1nc(C(F)(F)F)cc1-c1ccc(C(O)Nc2cccc(Cl)c2)nc1N. The number of hydrogen-bond donors (Lipinski definition) is 3. The van der Waals surface area contributed by atoms with Crippen LogP contribution in [-0.2, 0) is 13.2 Å². The Morgan fingerprint density at radius 2 is 1.96 bits per heavy atom. The van der Waals surface area contributed by atoms with Gasteiger partial charge in [-0.25, -0.2) is 4.98 Å². The Morgan fingerprint density at radius 1 is 1.22 bits per heavy atom. The number of nitrogens with one attached hydrogen (secondary N) is 1. The minimum atomic E-state index is -4.56. The van der Waals surface area contributed by atoms with Gasteiger partial charge in [-0.3, -0.25) is 4.68 Å². The molecular weight excluding hydrogens is 383 g/mol. The number of hydrogen-bond acceptors (Lipinski definition) is 5. The number of rotatable bonds is 4. The minimum absolute atomic E-state index is 0.0313. The van der Waals surface area contributed by atoms with E-state index in [0.29, 0.717) is 10.7 Å². The minimum Gasteiger partial charge on any atom is -0.383 e. The Bertz CT molecular complexity index is 973. The molecule has 142 valence electrons. The summed E-state index contributed by atoms with van der Waals surface area (Å²) in [6.45, 7) is 0. The third kappa shape index (κ3) is 4.15. The van der Waals surface area contributed by atoms with Crippen LogP contribution in [0.4, 0.5) is 24.7 Å². The molecule has 0 saturated heterocycles. The molecule has 0 spiro atoms. The summed E-state index contributed by atoms with van der Waals surface area (Å²) in [5.74, 6) is -0.0313. The maximum Gasteiger partial charge on any atom is 0.435 e. The quantitative estimate of drug-likeness (QED) is 0.582. The lowest BCUT2D eigenvalue weighted by molar-refractivity contribution is -0.141. The van der Waals surface area contributed by atoms with Crippen molar-refractivity contribution in [3.05, 3.63) is 58.9 Å². The van der Waals surface area contributed by atoms with Crippen LogP contribution < -0.4 is 11.1 Å². The van der Waals surface area contributed by atoms with Gasteiger partial charge in [-0.05, 0) is 36.4 Å². The lowest BCUT2D eigenvalue weighted by atomic mass is 10.1. The van der Waals surface area contributed by atoms with E-state index in [2.05, 4.69) is 15.4 Å². The van der Waals surface area contributed by atoms with Crippen LogP contribution in [-0.4, -0.2) is 19.9 Å². The summed E-state index contributed by atoms with van der Waals surface area (Å²) in [6, 6.07) is 10.6. The highest BCUT2D eigenvalue weighted by molar-refractivity contribution is 6.30. The Kier molecular flexibility index (Phi) is 4.99. The van der Waals surface area contributed by atoms with Crippen molar-refractivity contribution >= 4 is 23.1 Å². The molecule has 0 fully saturated rings. The van der Waals surface area contributed by atoms with Gasteiger partial charge in [0.1, 0.15) is 5.82 Å². The van der Waals surface area contributed by atoms with Gasteiger partial charge in [0.25, 0.3) is 0 Å². The van der Waals surface area contributed by atoms with Gasteiger partial charge in [0.2, 0.25) is 0 Å². The Balaban J connectivity index is 1.87. The molecule has 0 aliphatic carbocycles. The molecule has 2 heterocycles. The number of anilines is 2. The molecule has 0 bridgehead atoms. The van der Waals surface area contributed by atoms with Crippen molar-refractivity contribution in [3.8, 4) is 11.3 Å². The number of alkyl halides is 3. The van der Waals surface area contributed by atoms with Crippen LogP contribution in [0, 0.1) is 0 Å². The van der Waals surface area contributed by atoms with E-state index < -0.39 is 18.1 Å². The van der Waals surface area contributed by atoms with E-state index >= 15 is 0 Å². The van der Waals surface area contributed by atoms with Crippen LogP contribution in [0.3, 0.4) is 0 Å². The van der Waals surface area contributed by atoms with Gasteiger partial charge in [-0.15, -0.1) is 0 Å². The third-order valence-corrected chi connectivity index (χ3v) is 4.04. The van der Waals surface area contributed by atoms with Crippen molar-refractivity contribution in [2.45, 2.75) is 12.4 Å². The fourth-order valence-electron chi connectivity index (χ4n) is 2.53. The molecule has 27 heavy (non-hydrogen) atoms. The van der Waals surface area contributed by atoms with Crippen molar-refractivity contribution in [1.82, 2.24) is 14.8 Å². The second-order valence-corrected chi connectivity index (χ2v) is 6.20. The number of nitrogens with two attached hydrogens (primary N) is 1. The summed E-state index contributed by atoms with van der Waals surface area (Å²) >= 11 is 5.89. The normalized spacial score (nSPS) is 12.8. The Morgan fingerprint density at radius 3 is 2.56 bits per heavy atom. The predicted molar refractivity (Wildman–Crippen MR) is 95.9 cm³/mol. The molecule has 0 aliphatic rings. The number of aromatic nitrogens is 3. The number of aryl methyl sites for hydroxylation is 1. The van der Waals surface area contributed by atoms with E-state index in [1.54, 1.807) is 24.3 Å². The van der Waals surface area contributed by atoms with Gasteiger partial charge in [-0.2, -0.15) is 18.3 Å². The number of nitrogen functional groups attached to an aromatic ring is 1. The smallest absolute Gasteiger partial charge is 0.383 e. The van der Waals surface area contributed by atoms with Crippen molar-refractivity contribution in [1.29, 1.82) is 0 Å². The number of halogens is 4. The van der Waals surface area contributed by atoms with Crippen LogP contribution in [0.1, 0.15) is 17.6 Å². The Labute approximate surface area is 157 Å². The first-order valence-corrected chi connectivity index (χ1v) is 8.11. The fraction of sp³-hybridized carbons (Fsp3) is 0.176. The fourth-order valence-corrected chi connectivity index (χ4v) is 2.72. The molecule has 6 nitrogen and oxygen atoms in total. The van der Waals surface area contributed by atoms with E-state index in [1.165, 1.54) is 19.2 Å².